The first-order chi connectivity index (χ1) is 11.1. The Morgan fingerprint density at radius 2 is 1.78 bits per heavy atom. The largest absolute Gasteiger partial charge is 0.356 e. The summed E-state index contributed by atoms with van der Waals surface area (Å²) in [5.41, 5.74) is 2.18. The zero-order chi connectivity index (χ0) is 16.5. The first-order valence-corrected chi connectivity index (χ1v) is 7.52. The van der Waals surface area contributed by atoms with E-state index in [1.807, 2.05) is 30.3 Å². The monoisotopic (exact) mass is 312 g/mol. The number of rotatable bonds is 7. The fourth-order valence-corrected chi connectivity index (χ4v) is 1.97. The molecule has 6 nitrogen and oxygen atoms in total. The molecule has 0 aliphatic heterocycles. The lowest BCUT2D eigenvalue weighted by Gasteiger charge is -2.06. The number of carbonyl (C=O) groups excluding carboxylic acids is 2. The topological polar surface area (TPSA) is 84.0 Å². The summed E-state index contributed by atoms with van der Waals surface area (Å²) < 4.78 is 0. The number of nitrogens with one attached hydrogen (secondary N) is 2. The van der Waals surface area contributed by atoms with Crippen LogP contribution in [-0.4, -0.2) is 34.9 Å². The molecule has 1 aromatic heterocycles. The lowest BCUT2D eigenvalue weighted by molar-refractivity contribution is -0.120. The number of aromatic nitrogens is 2. The van der Waals surface area contributed by atoms with Crippen LogP contribution in [0.2, 0.25) is 0 Å². The van der Waals surface area contributed by atoms with E-state index in [4.69, 9.17) is 0 Å². The summed E-state index contributed by atoms with van der Waals surface area (Å²) in [7, 11) is 0. The van der Waals surface area contributed by atoms with Crippen LogP contribution in [0, 0.1) is 6.92 Å². The summed E-state index contributed by atoms with van der Waals surface area (Å²) in [5.74, 6) is -0.411. The molecule has 2 aromatic rings. The summed E-state index contributed by atoms with van der Waals surface area (Å²) in [6, 6.07) is 9.95. The van der Waals surface area contributed by atoms with Gasteiger partial charge in [0, 0.05) is 25.7 Å². The highest BCUT2D eigenvalue weighted by atomic mass is 16.2. The summed E-state index contributed by atoms with van der Waals surface area (Å²) in [6.07, 6.45) is 3.98. The van der Waals surface area contributed by atoms with Crippen molar-refractivity contribution in [3.8, 4) is 0 Å². The van der Waals surface area contributed by atoms with Gasteiger partial charge < -0.3 is 10.6 Å². The molecular weight excluding hydrogens is 292 g/mol. The van der Waals surface area contributed by atoms with Gasteiger partial charge in [0.05, 0.1) is 11.9 Å². The standard InChI is InChI=1S/C17H20N4O2/c1-13-11-21-15(12-20-13)17(23)19-10-8-16(22)18-9-7-14-5-3-2-4-6-14/h2-6,11-12H,7-10H2,1H3,(H,18,22)(H,19,23). The van der Waals surface area contributed by atoms with E-state index in [2.05, 4.69) is 20.6 Å². The van der Waals surface area contributed by atoms with Gasteiger partial charge >= 0.3 is 0 Å². The highest BCUT2D eigenvalue weighted by Crippen LogP contribution is 1.98. The van der Waals surface area contributed by atoms with Crippen LogP contribution in [0.5, 0.6) is 0 Å². The van der Waals surface area contributed by atoms with Gasteiger partial charge in [0.2, 0.25) is 5.91 Å². The predicted molar refractivity (Wildman–Crippen MR) is 86.9 cm³/mol. The fraction of sp³-hybridized carbons (Fsp3) is 0.294. The predicted octanol–water partition coefficient (Wildman–Crippen LogP) is 1.26. The number of aryl methyl sites for hydroxylation is 1. The average molecular weight is 312 g/mol. The van der Waals surface area contributed by atoms with Gasteiger partial charge in [-0.25, -0.2) is 4.98 Å². The second kappa shape index (κ2) is 8.63. The van der Waals surface area contributed by atoms with Gasteiger partial charge in [-0.1, -0.05) is 30.3 Å². The molecule has 23 heavy (non-hydrogen) atoms. The van der Waals surface area contributed by atoms with Crippen LogP contribution in [-0.2, 0) is 11.2 Å². The van der Waals surface area contributed by atoms with Gasteiger partial charge in [-0.15, -0.1) is 0 Å². The van der Waals surface area contributed by atoms with Crippen molar-refractivity contribution >= 4 is 11.8 Å². The quantitative estimate of drug-likeness (QED) is 0.806. The fourth-order valence-electron chi connectivity index (χ4n) is 1.97. The lowest BCUT2D eigenvalue weighted by atomic mass is 10.1. The Hall–Kier alpha value is -2.76. The average Bonchev–Trinajstić information content (AvgIpc) is 2.56. The van der Waals surface area contributed by atoms with Crippen LogP contribution in [0.4, 0.5) is 0 Å². The van der Waals surface area contributed by atoms with Gasteiger partial charge in [-0.2, -0.15) is 0 Å². The molecule has 1 aromatic carbocycles. The van der Waals surface area contributed by atoms with Crippen LogP contribution in [0.25, 0.3) is 0 Å². The van der Waals surface area contributed by atoms with Crippen molar-refractivity contribution in [1.29, 1.82) is 0 Å². The number of carbonyl (C=O) groups is 2. The molecule has 0 saturated heterocycles. The number of amides is 2. The summed E-state index contributed by atoms with van der Waals surface area (Å²) in [4.78, 5) is 31.5. The molecule has 0 unspecified atom stereocenters. The van der Waals surface area contributed by atoms with E-state index in [0.29, 0.717) is 6.54 Å². The van der Waals surface area contributed by atoms with Gasteiger partial charge in [0.15, 0.2) is 0 Å². The van der Waals surface area contributed by atoms with E-state index < -0.39 is 0 Å². The molecule has 0 bridgehead atoms. The van der Waals surface area contributed by atoms with Gasteiger partial charge in [-0.05, 0) is 18.9 Å². The Bertz CT molecular complexity index is 641. The van der Waals surface area contributed by atoms with Crippen molar-refractivity contribution in [2.24, 2.45) is 0 Å². The van der Waals surface area contributed by atoms with Crippen molar-refractivity contribution in [1.82, 2.24) is 20.6 Å². The number of hydrogen-bond acceptors (Lipinski definition) is 4. The number of hydrogen-bond donors (Lipinski definition) is 2. The van der Waals surface area contributed by atoms with E-state index >= 15 is 0 Å². The maximum atomic E-state index is 11.8. The molecule has 0 atom stereocenters. The first-order valence-electron chi connectivity index (χ1n) is 7.52. The summed E-state index contributed by atoms with van der Waals surface area (Å²) in [5, 5.41) is 5.49. The third-order valence-electron chi connectivity index (χ3n) is 3.23. The van der Waals surface area contributed by atoms with Crippen LogP contribution in [0.3, 0.4) is 0 Å². The van der Waals surface area contributed by atoms with Gasteiger partial charge in [0.1, 0.15) is 5.69 Å². The van der Waals surface area contributed by atoms with Crippen molar-refractivity contribution in [2.75, 3.05) is 13.1 Å². The third-order valence-corrected chi connectivity index (χ3v) is 3.23. The van der Waals surface area contributed by atoms with E-state index in [9.17, 15) is 9.59 Å². The normalized spacial score (nSPS) is 10.1. The molecule has 0 radical (unpaired) electrons. The Morgan fingerprint density at radius 1 is 1.00 bits per heavy atom. The molecule has 2 amide bonds. The molecule has 0 saturated carbocycles. The lowest BCUT2D eigenvalue weighted by Crippen LogP contribution is -2.32. The number of nitrogens with zero attached hydrogens (tertiary/aromatic N) is 2. The molecule has 2 N–H and O–H groups in total. The highest BCUT2D eigenvalue weighted by molar-refractivity contribution is 5.92. The van der Waals surface area contributed by atoms with E-state index in [1.165, 1.54) is 18.0 Å². The Balaban J connectivity index is 1.62. The second-order valence-corrected chi connectivity index (χ2v) is 5.13. The maximum absolute atomic E-state index is 11.8. The minimum Gasteiger partial charge on any atom is -0.356 e. The van der Waals surface area contributed by atoms with Crippen LogP contribution in [0.1, 0.15) is 28.2 Å². The summed E-state index contributed by atoms with van der Waals surface area (Å²) >= 11 is 0. The smallest absolute Gasteiger partial charge is 0.271 e. The van der Waals surface area contributed by atoms with Crippen LogP contribution in [0.15, 0.2) is 42.7 Å². The second-order valence-electron chi connectivity index (χ2n) is 5.13. The Kier molecular flexibility index (Phi) is 6.23. The molecule has 0 aliphatic rings. The molecule has 120 valence electrons. The molecule has 6 heteroatoms. The van der Waals surface area contributed by atoms with Crippen LogP contribution < -0.4 is 10.6 Å². The first kappa shape index (κ1) is 16.6. The highest BCUT2D eigenvalue weighted by Gasteiger charge is 2.08. The zero-order valence-electron chi connectivity index (χ0n) is 13.1. The summed E-state index contributed by atoms with van der Waals surface area (Å²) in [6.45, 7) is 2.65. The van der Waals surface area contributed by atoms with Crippen molar-refractivity contribution < 1.29 is 9.59 Å². The minimum absolute atomic E-state index is 0.0868. The van der Waals surface area contributed by atoms with E-state index in [0.717, 1.165) is 12.1 Å². The molecule has 0 aliphatic carbocycles. The van der Waals surface area contributed by atoms with Gasteiger partial charge in [0.25, 0.3) is 5.91 Å². The minimum atomic E-state index is -0.324. The van der Waals surface area contributed by atoms with E-state index in [-0.39, 0.29) is 30.5 Å². The van der Waals surface area contributed by atoms with E-state index in [1.54, 1.807) is 6.92 Å². The van der Waals surface area contributed by atoms with Crippen molar-refractivity contribution in [3.05, 3.63) is 59.7 Å². The molecule has 2 rings (SSSR count). The Labute approximate surface area is 135 Å². The molecule has 0 fully saturated rings. The molecule has 1 heterocycles. The zero-order valence-corrected chi connectivity index (χ0v) is 13.1. The molecular formula is C17H20N4O2. The number of benzene rings is 1. The van der Waals surface area contributed by atoms with Crippen molar-refractivity contribution in [2.45, 2.75) is 19.8 Å². The van der Waals surface area contributed by atoms with Gasteiger partial charge in [-0.3, -0.25) is 14.6 Å². The Morgan fingerprint density at radius 3 is 2.48 bits per heavy atom. The molecule has 0 spiro atoms. The SMILES string of the molecule is Cc1cnc(C(=O)NCCC(=O)NCCc2ccccc2)cn1. The van der Waals surface area contributed by atoms with Crippen molar-refractivity contribution in [3.63, 3.8) is 0 Å². The third kappa shape index (κ3) is 5.86. The van der Waals surface area contributed by atoms with Crippen LogP contribution >= 0.6 is 0 Å². The maximum Gasteiger partial charge on any atom is 0.271 e.